The third-order valence-electron chi connectivity index (χ3n) is 5.15. The Bertz CT molecular complexity index is 1110. The first kappa shape index (κ1) is 20.8. The molecule has 0 saturated carbocycles. The van der Waals surface area contributed by atoms with Gasteiger partial charge in [0.15, 0.2) is 0 Å². The molecule has 6 nitrogen and oxygen atoms in total. The molecule has 0 radical (unpaired) electrons. The molecular formula is C24H19BrN2O4. The maximum atomic E-state index is 13.3. The zero-order valence-corrected chi connectivity index (χ0v) is 18.3. The van der Waals surface area contributed by atoms with E-state index in [9.17, 15) is 14.4 Å². The first-order valence-electron chi connectivity index (χ1n) is 9.66. The van der Waals surface area contributed by atoms with E-state index in [4.69, 9.17) is 4.74 Å². The van der Waals surface area contributed by atoms with Gasteiger partial charge in [0, 0.05) is 28.8 Å². The van der Waals surface area contributed by atoms with Crippen LogP contribution in [0.4, 0.5) is 5.69 Å². The van der Waals surface area contributed by atoms with Gasteiger partial charge in [-0.05, 0) is 60.7 Å². The fourth-order valence-electron chi connectivity index (χ4n) is 3.50. The van der Waals surface area contributed by atoms with E-state index < -0.39 is 0 Å². The molecule has 3 aromatic rings. The zero-order valence-electron chi connectivity index (χ0n) is 16.7. The first-order chi connectivity index (χ1) is 15.0. The monoisotopic (exact) mass is 478 g/mol. The molecule has 0 saturated heterocycles. The summed E-state index contributed by atoms with van der Waals surface area (Å²) in [5.41, 5.74) is 1.93. The average Bonchev–Trinajstić information content (AvgIpc) is 3.05. The topological polar surface area (TPSA) is 66.9 Å². The summed E-state index contributed by atoms with van der Waals surface area (Å²) in [5, 5.41) is 0. The number of amides is 3. The maximum Gasteiger partial charge on any atom is 0.261 e. The van der Waals surface area contributed by atoms with Gasteiger partial charge in [0.1, 0.15) is 5.75 Å². The summed E-state index contributed by atoms with van der Waals surface area (Å²) in [5.74, 6) is -0.243. The molecule has 0 fully saturated rings. The summed E-state index contributed by atoms with van der Waals surface area (Å²) >= 11 is 3.37. The summed E-state index contributed by atoms with van der Waals surface area (Å²) in [7, 11) is 1.57. The molecule has 0 unspecified atom stereocenters. The standard InChI is InChI=1S/C24H19BrN2O4/c1-31-19-12-10-18(11-13-19)26(22(28)16-6-8-17(25)9-7-16)14-15-27-23(29)20-4-2-3-5-21(20)24(27)30/h2-13H,14-15H2,1H3. The number of rotatable bonds is 6. The molecule has 0 spiro atoms. The Kier molecular flexibility index (Phi) is 5.86. The molecule has 156 valence electrons. The number of hydrogen-bond acceptors (Lipinski definition) is 4. The van der Waals surface area contributed by atoms with Crippen molar-refractivity contribution in [3.05, 3.63) is 94.0 Å². The Balaban J connectivity index is 1.60. The molecule has 31 heavy (non-hydrogen) atoms. The van der Waals surface area contributed by atoms with Crippen molar-refractivity contribution < 1.29 is 19.1 Å². The van der Waals surface area contributed by atoms with E-state index in [0.29, 0.717) is 28.1 Å². The lowest BCUT2D eigenvalue weighted by atomic mass is 10.1. The summed E-state index contributed by atoms with van der Waals surface area (Å²) < 4.78 is 6.07. The molecule has 1 aliphatic rings. The zero-order chi connectivity index (χ0) is 22.0. The number of ether oxygens (including phenoxy) is 1. The van der Waals surface area contributed by atoms with Gasteiger partial charge < -0.3 is 9.64 Å². The van der Waals surface area contributed by atoms with E-state index in [2.05, 4.69) is 15.9 Å². The summed E-state index contributed by atoms with van der Waals surface area (Å²) in [6.45, 7) is 0.243. The summed E-state index contributed by atoms with van der Waals surface area (Å²) in [4.78, 5) is 41.4. The van der Waals surface area contributed by atoms with Crippen LogP contribution in [0.3, 0.4) is 0 Å². The number of imide groups is 1. The van der Waals surface area contributed by atoms with Gasteiger partial charge in [-0.2, -0.15) is 0 Å². The molecule has 3 amide bonds. The van der Waals surface area contributed by atoms with Gasteiger partial charge in [0.25, 0.3) is 17.7 Å². The van der Waals surface area contributed by atoms with Crippen LogP contribution in [0.1, 0.15) is 31.1 Å². The Morgan fingerprint density at radius 1 is 0.903 bits per heavy atom. The number of halogens is 1. The van der Waals surface area contributed by atoms with E-state index in [1.54, 1.807) is 84.8 Å². The molecule has 0 N–H and O–H groups in total. The highest BCUT2D eigenvalue weighted by Crippen LogP contribution is 2.25. The van der Waals surface area contributed by atoms with Crippen molar-refractivity contribution in [3.63, 3.8) is 0 Å². The molecule has 4 rings (SSSR count). The smallest absolute Gasteiger partial charge is 0.261 e. The van der Waals surface area contributed by atoms with Gasteiger partial charge in [-0.15, -0.1) is 0 Å². The first-order valence-corrected chi connectivity index (χ1v) is 10.5. The molecular weight excluding hydrogens is 460 g/mol. The lowest BCUT2D eigenvalue weighted by Gasteiger charge is -2.25. The van der Waals surface area contributed by atoms with E-state index in [0.717, 1.165) is 4.47 Å². The lowest BCUT2D eigenvalue weighted by Crippen LogP contribution is -2.41. The van der Waals surface area contributed by atoms with E-state index >= 15 is 0 Å². The number of fused-ring (bicyclic) bond motifs is 1. The lowest BCUT2D eigenvalue weighted by molar-refractivity contribution is 0.0654. The normalized spacial score (nSPS) is 12.6. The van der Waals surface area contributed by atoms with Gasteiger partial charge in [-0.1, -0.05) is 28.1 Å². The number of benzene rings is 3. The van der Waals surface area contributed by atoms with Crippen LogP contribution in [0.15, 0.2) is 77.3 Å². The SMILES string of the molecule is COc1ccc(N(CCN2C(=O)c3ccccc3C2=O)C(=O)c2ccc(Br)cc2)cc1. The number of nitrogens with zero attached hydrogens (tertiary/aromatic N) is 2. The van der Waals surface area contributed by atoms with Crippen LogP contribution in [-0.4, -0.2) is 42.8 Å². The highest BCUT2D eigenvalue weighted by atomic mass is 79.9. The predicted molar refractivity (Wildman–Crippen MR) is 121 cm³/mol. The minimum absolute atomic E-state index is 0.0840. The number of anilines is 1. The van der Waals surface area contributed by atoms with Crippen LogP contribution in [0, 0.1) is 0 Å². The minimum Gasteiger partial charge on any atom is -0.497 e. The average molecular weight is 479 g/mol. The van der Waals surface area contributed by atoms with E-state index in [-0.39, 0.29) is 30.8 Å². The van der Waals surface area contributed by atoms with Gasteiger partial charge in [-0.25, -0.2) is 0 Å². The Hall–Kier alpha value is -3.45. The van der Waals surface area contributed by atoms with Crippen molar-refractivity contribution in [1.82, 2.24) is 4.90 Å². The van der Waals surface area contributed by atoms with Gasteiger partial charge in [-0.3, -0.25) is 19.3 Å². The fourth-order valence-corrected chi connectivity index (χ4v) is 3.76. The van der Waals surface area contributed by atoms with Crippen molar-refractivity contribution in [1.29, 1.82) is 0 Å². The second-order valence-corrected chi connectivity index (χ2v) is 7.88. The minimum atomic E-state index is -0.341. The van der Waals surface area contributed by atoms with E-state index in [1.807, 2.05) is 0 Å². The van der Waals surface area contributed by atoms with Crippen LogP contribution in [0.25, 0.3) is 0 Å². The van der Waals surface area contributed by atoms with Crippen LogP contribution < -0.4 is 9.64 Å². The van der Waals surface area contributed by atoms with Crippen LogP contribution >= 0.6 is 15.9 Å². The third kappa shape index (κ3) is 4.09. The van der Waals surface area contributed by atoms with Crippen molar-refractivity contribution in [2.45, 2.75) is 0 Å². The quantitative estimate of drug-likeness (QED) is 0.492. The maximum absolute atomic E-state index is 13.3. The Morgan fingerprint density at radius 3 is 2.03 bits per heavy atom. The largest absolute Gasteiger partial charge is 0.497 e. The van der Waals surface area contributed by atoms with Gasteiger partial charge in [0.05, 0.1) is 18.2 Å². The Morgan fingerprint density at radius 2 is 1.48 bits per heavy atom. The van der Waals surface area contributed by atoms with Crippen molar-refractivity contribution in [2.75, 3.05) is 25.1 Å². The number of hydrogen-bond donors (Lipinski definition) is 0. The molecule has 0 bridgehead atoms. The summed E-state index contributed by atoms with van der Waals surface area (Å²) in [6.07, 6.45) is 0. The van der Waals surface area contributed by atoms with Crippen LogP contribution in [-0.2, 0) is 0 Å². The summed E-state index contributed by atoms with van der Waals surface area (Å²) in [6, 6.07) is 20.9. The molecule has 7 heteroatoms. The second-order valence-electron chi connectivity index (χ2n) is 6.97. The number of carbonyl (C=O) groups is 3. The second kappa shape index (κ2) is 8.73. The molecule has 1 heterocycles. The van der Waals surface area contributed by atoms with Crippen molar-refractivity contribution in [3.8, 4) is 5.75 Å². The molecule has 0 aromatic heterocycles. The fraction of sp³-hybridized carbons (Fsp3) is 0.125. The highest BCUT2D eigenvalue weighted by molar-refractivity contribution is 9.10. The van der Waals surface area contributed by atoms with Gasteiger partial charge in [0.2, 0.25) is 0 Å². The molecule has 3 aromatic carbocycles. The third-order valence-corrected chi connectivity index (χ3v) is 5.67. The number of methoxy groups -OCH3 is 1. The molecule has 0 atom stereocenters. The van der Waals surface area contributed by atoms with Crippen molar-refractivity contribution in [2.24, 2.45) is 0 Å². The Labute approximate surface area is 188 Å². The molecule has 0 aliphatic carbocycles. The number of carbonyl (C=O) groups excluding carboxylic acids is 3. The van der Waals surface area contributed by atoms with E-state index in [1.165, 1.54) is 4.90 Å². The van der Waals surface area contributed by atoms with Gasteiger partial charge >= 0.3 is 0 Å². The molecule has 1 aliphatic heterocycles. The predicted octanol–water partition coefficient (Wildman–Crippen LogP) is 4.40. The highest BCUT2D eigenvalue weighted by Gasteiger charge is 2.35. The van der Waals surface area contributed by atoms with Crippen LogP contribution in [0.2, 0.25) is 0 Å². The van der Waals surface area contributed by atoms with Crippen LogP contribution in [0.5, 0.6) is 5.75 Å². The van der Waals surface area contributed by atoms with Crippen molar-refractivity contribution >= 4 is 39.3 Å².